The third kappa shape index (κ3) is 7.77. The fraction of sp³-hybridized carbons (Fsp3) is 0.882. The van der Waals surface area contributed by atoms with Crippen molar-refractivity contribution in [2.24, 2.45) is 17.8 Å². The monoisotopic (exact) mass is 251 g/mol. The Kier molecular flexibility index (Phi) is 9.20. The molecule has 0 radical (unpaired) electrons. The molecule has 1 fully saturated rings. The normalized spacial score (nSPS) is 17.4. The quantitative estimate of drug-likeness (QED) is 0.668. The van der Waals surface area contributed by atoms with Crippen molar-refractivity contribution in [3.05, 3.63) is 0 Å². The molecule has 0 aromatic carbocycles. The molecule has 0 N–H and O–H groups in total. The van der Waals surface area contributed by atoms with Crippen LogP contribution < -0.4 is 0 Å². The van der Waals surface area contributed by atoms with E-state index < -0.39 is 0 Å². The molecule has 0 aromatic heterocycles. The lowest BCUT2D eigenvalue weighted by Gasteiger charge is -2.32. The number of hydrogen-bond donors (Lipinski definition) is 0. The first-order chi connectivity index (χ1) is 8.08. The molecule has 1 rings (SSSR count). The van der Waals surface area contributed by atoms with E-state index in [2.05, 4.69) is 44.4 Å². The van der Waals surface area contributed by atoms with E-state index >= 15 is 0 Å². The number of hydrogen-bond acceptors (Lipinski definition) is 1. The molecule has 0 spiro atoms. The minimum absolute atomic E-state index is 0. The lowest BCUT2D eigenvalue weighted by molar-refractivity contribution is 0.164. The maximum Gasteiger partial charge on any atom is 0.0146 e. The molecular weight excluding hydrogens is 218 g/mol. The second-order valence-electron chi connectivity index (χ2n) is 6.15. The standard InChI is InChI=1S/C16H29N.CH4/c1-14(2)7-5-6-8-16-9-11-17(12-10-16)13-15(3)4;/h14-16H,6,8-13H2,1-4H3;1H4. The van der Waals surface area contributed by atoms with E-state index in [-0.39, 0.29) is 7.43 Å². The molecule has 0 bridgehead atoms. The van der Waals surface area contributed by atoms with E-state index in [1.807, 2.05) is 0 Å². The van der Waals surface area contributed by atoms with Crippen LogP contribution in [-0.4, -0.2) is 24.5 Å². The van der Waals surface area contributed by atoms with Gasteiger partial charge in [0.15, 0.2) is 0 Å². The van der Waals surface area contributed by atoms with Gasteiger partial charge in [0, 0.05) is 18.9 Å². The van der Waals surface area contributed by atoms with Crippen molar-refractivity contribution in [1.82, 2.24) is 4.90 Å². The highest BCUT2D eigenvalue weighted by Crippen LogP contribution is 2.22. The molecule has 0 aliphatic carbocycles. The zero-order valence-electron chi connectivity index (χ0n) is 12.1. The van der Waals surface area contributed by atoms with Gasteiger partial charge in [-0.1, -0.05) is 35.1 Å². The predicted octanol–water partition coefficient (Wildman–Crippen LogP) is 4.43. The molecule has 106 valence electrons. The summed E-state index contributed by atoms with van der Waals surface area (Å²) in [5.41, 5.74) is 0. The van der Waals surface area contributed by atoms with Crippen molar-refractivity contribution in [3.63, 3.8) is 0 Å². The Labute approximate surface area is 115 Å². The maximum atomic E-state index is 3.31. The van der Waals surface area contributed by atoms with Crippen LogP contribution in [-0.2, 0) is 0 Å². The highest BCUT2D eigenvalue weighted by molar-refractivity contribution is 5.01. The fourth-order valence-corrected chi connectivity index (χ4v) is 2.53. The van der Waals surface area contributed by atoms with Crippen molar-refractivity contribution < 1.29 is 0 Å². The average Bonchev–Trinajstić information content (AvgIpc) is 2.25. The molecule has 0 atom stereocenters. The van der Waals surface area contributed by atoms with Crippen molar-refractivity contribution >= 4 is 0 Å². The predicted molar refractivity (Wildman–Crippen MR) is 82.6 cm³/mol. The number of rotatable bonds is 4. The van der Waals surface area contributed by atoms with Crippen molar-refractivity contribution in [3.8, 4) is 11.8 Å². The third-order valence-electron chi connectivity index (χ3n) is 3.40. The summed E-state index contributed by atoms with van der Waals surface area (Å²) in [5.74, 6) is 8.84. The molecule has 1 heterocycles. The van der Waals surface area contributed by atoms with Gasteiger partial charge in [-0.15, -0.1) is 11.8 Å². The molecule has 1 aliphatic rings. The smallest absolute Gasteiger partial charge is 0.0146 e. The maximum absolute atomic E-state index is 3.31. The van der Waals surface area contributed by atoms with Crippen molar-refractivity contribution in [2.75, 3.05) is 19.6 Å². The second kappa shape index (κ2) is 9.45. The van der Waals surface area contributed by atoms with Crippen LogP contribution >= 0.6 is 0 Å². The van der Waals surface area contributed by atoms with Crippen LogP contribution in [0.2, 0.25) is 0 Å². The molecule has 1 nitrogen and oxygen atoms in total. The molecule has 1 heteroatoms. The Balaban J connectivity index is 0.00000289. The summed E-state index contributed by atoms with van der Waals surface area (Å²) in [6, 6.07) is 0. The van der Waals surface area contributed by atoms with Gasteiger partial charge in [0.2, 0.25) is 0 Å². The molecule has 0 unspecified atom stereocenters. The van der Waals surface area contributed by atoms with Crippen molar-refractivity contribution in [1.29, 1.82) is 0 Å². The molecule has 0 amide bonds. The summed E-state index contributed by atoms with van der Waals surface area (Å²) in [6.07, 6.45) is 5.19. The van der Waals surface area contributed by atoms with Crippen LogP contribution in [0.15, 0.2) is 0 Å². The Morgan fingerprint density at radius 1 is 1.11 bits per heavy atom. The van der Waals surface area contributed by atoms with Gasteiger partial charge in [-0.2, -0.15) is 0 Å². The summed E-state index contributed by atoms with van der Waals surface area (Å²) in [5, 5.41) is 0. The van der Waals surface area contributed by atoms with E-state index in [9.17, 15) is 0 Å². The first-order valence-corrected chi connectivity index (χ1v) is 7.28. The minimum atomic E-state index is 0. The van der Waals surface area contributed by atoms with E-state index in [0.717, 1.165) is 18.3 Å². The first kappa shape index (κ1) is 17.5. The SMILES string of the molecule is C.CC(C)C#CCCC1CCN(CC(C)C)CC1. The fourth-order valence-electron chi connectivity index (χ4n) is 2.53. The minimum Gasteiger partial charge on any atom is -0.303 e. The van der Waals surface area contributed by atoms with Gasteiger partial charge in [0.1, 0.15) is 0 Å². The molecule has 1 saturated heterocycles. The summed E-state index contributed by atoms with van der Waals surface area (Å²) in [7, 11) is 0. The zero-order chi connectivity index (χ0) is 12.7. The third-order valence-corrected chi connectivity index (χ3v) is 3.40. The Morgan fingerprint density at radius 3 is 2.22 bits per heavy atom. The van der Waals surface area contributed by atoms with E-state index in [1.54, 1.807) is 0 Å². The van der Waals surface area contributed by atoms with Crippen LogP contribution in [0, 0.1) is 29.6 Å². The summed E-state index contributed by atoms with van der Waals surface area (Å²) < 4.78 is 0. The van der Waals surface area contributed by atoms with E-state index in [1.165, 1.54) is 38.9 Å². The zero-order valence-corrected chi connectivity index (χ0v) is 12.1. The Bertz CT molecular complexity index is 249. The van der Waals surface area contributed by atoms with Crippen LogP contribution in [0.3, 0.4) is 0 Å². The van der Waals surface area contributed by atoms with Gasteiger partial charge >= 0.3 is 0 Å². The molecule has 18 heavy (non-hydrogen) atoms. The molecular formula is C17H33N. The second-order valence-corrected chi connectivity index (χ2v) is 6.15. The largest absolute Gasteiger partial charge is 0.303 e. The highest BCUT2D eigenvalue weighted by atomic mass is 15.1. The van der Waals surface area contributed by atoms with Crippen LogP contribution in [0.4, 0.5) is 0 Å². The number of nitrogens with zero attached hydrogens (tertiary/aromatic N) is 1. The topological polar surface area (TPSA) is 3.24 Å². The Hall–Kier alpha value is -0.480. The van der Waals surface area contributed by atoms with Crippen molar-refractivity contribution in [2.45, 2.75) is 60.8 Å². The summed E-state index contributed by atoms with van der Waals surface area (Å²) in [6.45, 7) is 12.8. The number of likely N-dealkylation sites (tertiary alicyclic amines) is 1. The lowest BCUT2D eigenvalue weighted by Crippen LogP contribution is -2.36. The van der Waals surface area contributed by atoms with E-state index in [4.69, 9.17) is 0 Å². The van der Waals surface area contributed by atoms with Crippen LogP contribution in [0.1, 0.15) is 60.8 Å². The van der Waals surface area contributed by atoms with Gasteiger partial charge < -0.3 is 4.90 Å². The molecule has 0 aromatic rings. The van der Waals surface area contributed by atoms with Gasteiger partial charge in [0.05, 0.1) is 0 Å². The van der Waals surface area contributed by atoms with Gasteiger partial charge in [-0.05, 0) is 44.2 Å². The summed E-state index contributed by atoms with van der Waals surface area (Å²) in [4.78, 5) is 2.63. The summed E-state index contributed by atoms with van der Waals surface area (Å²) >= 11 is 0. The number of piperidine rings is 1. The highest BCUT2D eigenvalue weighted by Gasteiger charge is 2.18. The first-order valence-electron chi connectivity index (χ1n) is 7.28. The van der Waals surface area contributed by atoms with Gasteiger partial charge in [0.25, 0.3) is 0 Å². The Morgan fingerprint density at radius 2 is 1.72 bits per heavy atom. The van der Waals surface area contributed by atoms with Crippen LogP contribution in [0.25, 0.3) is 0 Å². The average molecular weight is 251 g/mol. The van der Waals surface area contributed by atoms with Crippen LogP contribution in [0.5, 0.6) is 0 Å². The molecule has 1 aliphatic heterocycles. The molecule has 0 saturated carbocycles. The van der Waals surface area contributed by atoms with E-state index in [0.29, 0.717) is 5.92 Å². The van der Waals surface area contributed by atoms with Gasteiger partial charge in [-0.25, -0.2) is 0 Å². The lowest BCUT2D eigenvalue weighted by atomic mass is 9.92. The van der Waals surface area contributed by atoms with Gasteiger partial charge in [-0.3, -0.25) is 0 Å².